The predicted molar refractivity (Wildman–Crippen MR) is 94.1 cm³/mol. The van der Waals surface area contributed by atoms with E-state index in [2.05, 4.69) is 11.4 Å². The number of carbonyl (C=O) groups excluding carboxylic acids is 2. The maximum Gasteiger partial charge on any atom is 0.251 e. The van der Waals surface area contributed by atoms with Gasteiger partial charge in [0, 0.05) is 12.1 Å². The van der Waals surface area contributed by atoms with Crippen molar-refractivity contribution in [3.8, 4) is 11.8 Å². The number of nitrogens with zero attached hydrogens (tertiary/aromatic N) is 2. The number of amides is 2. The molecular formula is C19H25N3O3. The van der Waals surface area contributed by atoms with Crippen molar-refractivity contribution in [2.75, 3.05) is 13.7 Å². The quantitative estimate of drug-likeness (QED) is 0.859. The number of rotatable bonds is 6. The molecular weight excluding hydrogens is 318 g/mol. The van der Waals surface area contributed by atoms with Crippen LogP contribution in [0.2, 0.25) is 0 Å². The summed E-state index contributed by atoms with van der Waals surface area (Å²) in [5, 5.41) is 12.1. The number of hydrogen-bond donors (Lipinski definition) is 1. The summed E-state index contributed by atoms with van der Waals surface area (Å²) in [6, 6.07) is 7.91. The lowest BCUT2D eigenvalue weighted by atomic mass is 9.97. The van der Waals surface area contributed by atoms with Gasteiger partial charge in [-0.2, -0.15) is 5.26 Å². The Morgan fingerprint density at radius 1 is 1.40 bits per heavy atom. The topological polar surface area (TPSA) is 82.4 Å². The molecule has 1 fully saturated rings. The van der Waals surface area contributed by atoms with Crippen LogP contribution in [-0.4, -0.2) is 42.5 Å². The maximum absolute atomic E-state index is 12.9. The Morgan fingerprint density at radius 2 is 2.08 bits per heavy atom. The molecule has 1 aromatic carbocycles. The van der Waals surface area contributed by atoms with Crippen molar-refractivity contribution in [3.05, 3.63) is 29.8 Å². The smallest absolute Gasteiger partial charge is 0.251 e. The van der Waals surface area contributed by atoms with Crippen molar-refractivity contribution in [1.29, 1.82) is 5.26 Å². The number of ether oxygens (including phenoxy) is 1. The molecule has 1 aliphatic heterocycles. The minimum atomic E-state index is -0.631. The molecule has 0 radical (unpaired) electrons. The highest BCUT2D eigenvalue weighted by Gasteiger charge is 2.36. The van der Waals surface area contributed by atoms with Gasteiger partial charge in [0.25, 0.3) is 5.91 Å². The van der Waals surface area contributed by atoms with E-state index in [4.69, 9.17) is 4.74 Å². The van der Waals surface area contributed by atoms with Gasteiger partial charge in [-0.25, -0.2) is 0 Å². The number of carbonyl (C=O) groups is 2. The van der Waals surface area contributed by atoms with E-state index in [-0.39, 0.29) is 17.7 Å². The van der Waals surface area contributed by atoms with Gasteiger partial charge in [-0.05, 0) is 43.0 Å². The van der Waals surface area contributed by atoms with Crippen molar-refractivity contribution in [3.63, 3.8) is 0 Å². The number of nitriles is 1. The summed E-state index contributed by atoms with van der Waals surface area (Å²) >= 11 is 0. The van der Waals surface area contributed by atoms with E-state index in [1.165, 1.54) is 0 Å². The SMILES string of the molecule is CCC(C)[C@H](NC(=O)c1ccc(OC)cc1)C(=O)N1CCCC1C#N. The van der Waals surface area contributed by atoms with E-state index >= 15 is 0 Å². The number of hydrogen-bond acceptors (Lipinski definition) is 4. The van der Waals surface area contributed by atoms with Crippen LogP contribution in [0.1, 0.15) is 43.5 Å². The summed E-state index contributed by atoms with van der Waals surface area (Å²) in [5.74, 6) is 0.184. The van der Waals surface area contributed by atoms with Gasteiger partial charge in [0.1, 0.15) is 17.8 Å². The molecule has 1 heterocycles. The van der Waals surface area contributed by atoms with Gasteiger partial charge in [-0.1, -0.05) is 20.3 Å². The van der Waals surface area contributed by atoms with Crippen LogP contribution in [0.25, 0.3) is 0 Å². The number of benzene rings is 1. The van der Waals surface area contributed by atoms with E-state index < -0.39 is 12.1 Å². The molecule has 2 rings (SSSR count). The molecule has 134 valence electrons. The highest BCUT2D eigenvalue weighted by molar-refractivity contribution is 5.97. The van der Waals surface area contributed by atoms with Gasteiger partial charge in [0.2, 0.25) is 5.91 Å². The molecule has 1 aromatic rings. The van der Waals surface area contributed by atoms with Gasteiger partial charge < -0.3 is 15.0 Å². The molecule has 2 amide bonds. The van der Waals surface area contributed by atoms with Crippen LogP contribution in [0.5, 0.6) is 5.75 Å². The Morgan fingerprint density at radius 3 is 2.64 bits per heavy atom. The van der Waals surface area contributed by atoms with Crippen molar-refractivity contribution in [2.24, 2.45) is 5.92 Å². The first-order chi connectivity index (χ1) is 12.0. The van der Waals surface area contributed by atoms with E-state index in [1.54, 1.807) is 36.3 Å². The normalized spacial score (nSPS) is 19.0. The number of likely N-dealkylation sites (tertiary alicyclic amines) is 1. The summed E-state index contributed by atoms with van der Waals surface area (Å²) in [6.07, 6.45) is 2.27. The average Bonchev–Trinajstić information content (AvgIpc) is 3.13. The monoisotopic (exact) mass is 343 g/mol. The first-order valence-electron chi connectivity index (χ1n) is 8.66. The molecule has 0 aromatic heterocycles. The Bertz CT molecular complexity index is 651. The van der Waals surface area contributed by atoms with Gasteiger partial charge in [0.15, 0.2) is 0 Å². The molecule has 0 spiro atoms. The highest BCUT2D eigenvalue weighted by Crippen LogP contribution is 2.21. The second-order valence-electron chi connectivity index (χ2n) is 6.38. The lowest BCUT2D eigenvalue weighted by Gasteiger charge is -2.29. The summed E-state index contributed by atoms with van der Waals surface area (Å²) in [4.78, 5) is 27.1. The van der Waals surface area contributed by atoms with Crippen LogP contribution < -0.4 is 10.1 Å². The summed E-state index contributed by atoms with van der Waals surface area (Å²) in [6.45, 7) is 4.49. The lowest BCUT2D eigenvalue weighted by Crippen LogP contribution is -2.52. The molecule has 1 N–H and O–H groups in total. The van der Waals surface area contributed by atoms with Crippen LogP contribution in [0.15, 0.2) is 24.3 Å². The van der Waals surface area contributed by atoms with Gasteiger partial charge in [-0.15, -0.1) is 0 Å². The molecule has 0 aliphatic carbocycles. The van der Waals surface area contributed by atoms with Gasteiger partial charge in [-0.3, -0.25) is 9.59 Å². The van der Waals surface area contributed by atoms with Crippen molar-refractivity contribution in [1.82, 2.24) is 10.2 Å². The fraction of sp³-hybridized carbons (Fsp3) is 0.526. The largest absolute Gasteiger partial charge is 0.497 e. The standard InChI is InChI=1S/C19H25N3O3/c1-4-13(2)17(19(24)22-11-5-6-15(22)12-20)21-18(23)14-7-9-16(25-3)10-8-14/h7-10,13,15,17H,4-6,11H2,1-3H3,(H,21,23)/t13?,15?,17-/m0/s1. The molecule has 6 nitrogen and oxygen atoms in total. The molecule has 0 bridgehead atoms. The van der Waals surface area contributed by atoms with E-state index in [1.807, 2.05) is 13.8 Å². The van der Waals surface area contributed by atoms with Gasteiger partial charge >= 0.3 is 0 Å². The third-order valence-electron chi connectivity index (χ3n) is 4.80. The zero-order valence-electron chi connectivity index (χ0n) is 15.0. The predicted octanol–water partition coefficient (Wildman–Crippen LogP) is 2.35. The van der Waals surface area contributed by atoms with E-state index in [9.17, 15) is 14.9 Å². The summed E-state index contributed by atoms with van der Waals surface area (Å²) in [5.41, 5.74) is 0.472. The summed E-state index contributed by atoms with van der Waals surface area (Å²) in [7, 11) is 1.56. The molecule has 2 unspecified atom stereocenters. The first kappa shape index (κ1) is 18.8. The minimum Gasteiger partial charge on any atom is -0.497 e. The third-order valence-corrected chi connectivity index (χ3v) is 4.80. The second-order valence-corrected chi connectivity index (χ2v) is 6.38. The first-order valence-corrected chi connectivity index (χ1v) is 8.66. The zero-order valence-corrected chi connectivity index (χ0v) is 15.0. The number of nitrogens with one attached hydrogen (secondary N) is 1. The molecule has 3 atom stereocenters. The molecule has 6 heteroatoms. The average molecular weight is 343 g/mol. The molecule has 1 saturated heterocycles. The summed E-state index contributed by atoms with van der Waals surface area (Å²) < 4.78 is 5.09. The van der Waals surface area contributed by atoms with Crippen LogP contribution in [0.4, 0.5) is 0 Å². The molecule has 25 heavy (non-hydrogen) atoms. The van der Waals surface area contributed by atoms with Crippen LogP contribution >= 0.6 is 0 Å². The molecule has 1 aliphatic rings. The zero-order chi connectivity index (χ0) is 18.4. The Kier molecular flexibility index (Phi) is 6.40. The fourth-order valence-electron chi connectivity index (χ4n) is 2.99. The molecule has 0 saturated carbocycles. The minimum absolute atomic E-state index is 0.0189. The van der Waals surface area contributed by atoms with Crippen LogP contribution in [0, 0.1) is 17.2 Å². The lowest BCUT2D eigenvalue weighted by molar-refractivity contribution is -0.134. The Labute approximate surface area is 148 Å². The van der Waals surface area contributed by atoms with Gasteiger partial charge in [0.05, 0.1) is 13.2 Å². The maximum atomic E-state index is 12.9. The van der Waals surface area contributed by atoms with E-state index in [0.29, 0.717) is 24.3 Å². The van der Waals surface area contributed by atoms with Crippen molar-refractivity contribution < 1.29 is 14.3 Å². The second kappa shape index (κ2) is 8.52. The fourth-order valence-corrected chi connectivity index (χ4v) is 2.99. The Balaban J connectivity index is 2.15. The van der Waals surface area contributed by atoms with Crippen molar-refractivity contribution >= 4 is 11.8 Å². The van der Waals surface area contributed by atoms with Crippen molar-refractivity contribution in [2.45, 2.75) is 45.2 Å². The number of methoxy groups -OCH3 is 1. The highest BCUT2D eigenvalue weighted by atomic mass is 16.5. The third kappa shape index (κ3) is 4.30. The Hall–Kier alpha value is -2.55. The van der Waals surface area contributed by atoms with Crippen LogP contribution in [-0.2, 0) is 4.79 Å². The van der Waals surface area contributed by atoms with Crippen LogP contribution in [0.3, 0.4) is 0 Å². The van der Waals surface area contributed by atoms with E-state index in [0.717, 1.165) is 12.8 Å².